The Balaban J connectivity index is 1.15. The summed E-state index contributed by atoms with van der Waals surface area (Å²) in [6.07, 6.45) is 3.28. The van der Waals surface area contributed by atoms with Gasteiger partial charge in [-0.2, -0.15) is 0 Å². The molecule has 1 aromatic carbocycles. The molecule has 4 fully saturated rings. The number of methoxy groups -OCH3 is 1. The van der Waals surface area contributed by atoms with Gasteiger partial charge in [0, 0.05) is 16.7 Å². The van der Waals surface area contributed by atoms with Crippen LogP contribution in [-0.4, -0.2) is 92.4 Å². The minimum absolute atomic E-state index is 0.0127. The van der Waals surface area contributed by atoms with Crippen LogP contribution in [0.15, 0.2) is 47.7 Å². The molecule has 0 bridgehead atoms. The number of rotatable bonds is 10. The van der Waals surface area contributed by atoms with Crippen molar-refractivity contribution >= 4 is 23.9 Å². The summed E-state index contributed by atoms with van der Waals surface area (Å²) in [5.41, 5.74) is -3.06. The summed E-state index contributed by atoms with van der Waals surface area (Å²) >= 11 is 0. The monoisotopic (exact) mass is 809 g/mol. The highest BCUT2D eigenvalue weighted by Gasteiger charge is 2.70. The van der Waals surface area contributed by atoms with Gasteiger partial charge in [-0.1, -0.05) is 76.6 Å². The number of benzene rings is 1. The first-order chi connectivity index (χ1) is 26.9. The average Bonchev–Trinajstić information content (AvgIpc) is 3.41. The Hall–Kier alpha value is -3.13. The smallest absolute Gasteiger partial charge is 0.354 e. The van der Waals surface area contributed by atoms with Gasteiger partial charge in [-0.3, -0.25) is 9.59 Å². The topological polar surface area (TPSA) is 192 Å². The Morgan fingerprint density at radius 1 is 0.966 bits per heavy atom. The second kappa shape index (κ2) is 15.7. The maximum absolute atomic E-state index is 13.5. The highest BCUT2D eigenvalue weighted by Crippen LogP contribution is 2.74. The van der Waals surface area contributed by atoms with Crippen LogP contribution in [0.4, 0.5) is 0 Å². The summed E-state index contributed by atoms with van der Waals surface area (Å²) in [6, 6.07) is 8.88. The fraction of sp³-hybridized carbons (Fsp3) is 0.717. The minimum atomic E-state index is -1.83. The van der Waals surface area contributed by atoms with Gasteiger partial charge >= 0.3 is 11.9 Å². The zero-order valence-corrected chi connectivity index (χ0v) is 35.8. The predicted octanol–water partition coefficient (Wildman–Crippen LogP) is 5.19. The lowest BCUT2D eigenvalue weighted by molar-refractivity contribution is -0.254. The van der Waals surface area contributed by atoms with E-state index in [0.717, 1.165) is 12.8 Å². The van der Waals surface area contributed by atoms with Gasteiger partial charge in [0.2, 0.25) is 5.91 Å². The molecule has 1 saturated heterocycles. The molecule has 322 valence electrons. The van der Waals surface area contributed by atoms with Gasteiger partial charge in [-0.25, -0.2) is 4.79 Å². The van der Waals surface area contributed by atoms with Gasteiger partial charge in [0.05, 0.1) is 49.5 Å². The molecule has 0 aromatic heterocycles. The third-order valence-electron chi connectivity index (χ3n) is 15.7. The molecule has 1 aliphatic heterocycles. The van der Waals surface area contributed by atoms with Crippen LogP contribution in [0.2, 0.25) is 0 Å². The number of fused-ring (bicyclic) bond motifs is 5. The van der Waals surface area contributed by atoms with Crippen LogP contribution in [0.25, 0.3) is 6.08 Å². The Bertz CT molecular complexity index is 1780. The van der Waals surface area contributed by atoms with E-state index in [1.165, 1.54) is 25.7 Å². The summed E-state index contributed by atoms with van der Waals surface area (Å²) < 4.78 is 16.9. The van der Waals surface area contributed by atoms with Gasteiger partial charge in [0.15, 0.2) is 6.29 Å². The van der Waals surface area contributed by atoms with Crippen LogP contribution in [0, 0.1) is 45.3 Å². The molecule has 6 rings (SSSR count). The maximum atomic E-state index is 13.5. The lowest BCUT2D eigenvalue weighted by atomic mass is 9.40. The van der Waals surface area contributed by atoms with Crippen molar-refractivity contribution in [3.05, 3.63) is 53.2 Å². The maximum Gasteiger partial charge on any atom is 0.354 e. The number of aliphatic hydroxyl groups is 5. The van der Waals surface area contributed by atoms with Gasteiger partial charge in [0.25, 0.3) is 0 Å². The number of ether oxygens (including phenoxy) is 3. The van der Waals surface area contributed by atoms with E-state index >= 15 is 0 Å². The van der Waals surface area contributed by atoms with Crippen molar-refractivity contribution in [1.82, 2.24) is 5.32 Å². The van der Waals surface area contributed by atoms with E-state index < -0.39 is 88.8 Å². The first kappa shape index (κ1) is 44.4. The van der Waals surface area contributed by atoms with Gasteiger partial charge in [0.1, 0.15) is 11.8 Å². The Kier molecular flexibility index (Phi) is 12.0. The minimum Gasteiger partial charge on any atom is -0.464 e. The zero-order valence-electron chi connectivity index (χ0n) is 35.8. The van der Waals surface area contributed by atoms with Crippen LogP contribution in [0.1, 0.15) is 119 Å². The lowest BCUT2D eigenvalue weighted by Crippen LogP contribution is -2.65. The molecule has 12 nitrogen and oxygen atoms in total. The summed E-state index contributed by atoms with van der Waals surface area (Å²) in [4.78, 5) is 39.0. The van der Waals surface area contributed by atoms with Crippen molar-refractivity contribution in [2.45, 2.75) is 155 Å². The first-order valence-corrected chi connectivity index (χ1v) is 21.1. The van der Waals surface area contributed by atoms with E-state index in [-0.39, 0.29) is 34.8 Å². The summed E-state index contributed by atoms with van der Waals surface area (Å²) in [5.74, 6) is -2.41. The molecule has 1 heterocycles. The standard InChI is InChI=1S/C46H67NO11/c1-41(2)33-17-16-29-30(22-34(49)46(8)28(19-20-45(29,46)7)27-15-18-35(42(3,4)54)57-39(27)52)44(33,6)23-32(48)38(41)58-37(51)25-43(5,55)24-36(50)47-31(40(53)56-9)21-26-13-11-10-12-14-26/h10-14,16,21,27-28,30,32-35,38-39,48-49,52,54-55H,15,17-20,22-25H2,1-9H3,(H,47,50). The molecule has 4 aliphatic carbocycles. The number of aliphatic hydroxyl groups excluding tert-OH is 3. The highest BCUT2D eigenvalue weighted by molar-refractivity contribution is 5.98. The number of esters is 2. The second-order valence-corrected chi connectivity index (χ2v) is 20.3. The third kappa shape index (κ3) is 7.82. The number of amides is 1. The molecule has 1 aromatic rings. The fourth-order valence-corrected chi connectivity index (χ4v) is 12.6. The normalized spacial score (nSPS) is 39.5. The van der Waals surface area contributed by atoms with Gasteiger partial charge in [-0.05, 0) is 106 Å². The molecule has 0 spiro atoms. The predicted molar refractivity (Wildman–Crippen MR) is 216 cm³/mol. The van der Waals surface area contributed by atoms with Crippen LogP contribution in [0.3, 0.4) is 0 Å². The van der Waals surface area contributed by atoms with Crippen molar-refractivity contribution in [3.63, 3.8) is 0 Å². The second-order valence-electron chi connectivity index (χ2n) is 20.3. The Morgan fingerprint density at radius 3 is 2.26 bits per heavy atom. The van der Waals surface area contributed by atoms with Crippen molar-refractivity contribution < 1.29 is 54.1 Å². The molecule has 12 heteroatoms. The zero-order chi connectivity index (χ0) is 42.8. The van der Waals surface area contributed by atoms with Crippen molar-refractivity contribution in [3.8, 4) is 0 Å². The molecule has 58 heavy (non-hydrogen) atoms. The van der Waals surface area contributed by atoms with E-state index in [4.69, 9.17) is 14.2 Å². The molecule has 3 saturated carbocycles. The van der Waals surface area contributed by atoms with Crippen LogP contribution >= 0.6 is 0 Å². The number of hydrogen-bond acceptors (Lipinski definition) is 11. The Labute approximate surface area is 343 Å². The summed E-state index contributed by atoms with van der Waals surface area (Å²) in [7, 11) is 1.20. The summed E-state index contributed by atoms with van der Waals surface area (Å²) in [6.45, 7) is 15.4. The molecule has 1 amide bonds. The summed E-state index contributed by atoms with van der Waals surface area (Å²) in [5, 5.41) is 59.8. The molecule has 13 unspecified atom stereocenters. The van der Waals surface area contributed by atoms with E-state index in [1.807, 2.05) is 19.9 Å². The molecular formula is C46H67NO11. The Morgan fingerprint density at radius 2 is 1.64 bits per heavy atom. The molecule has 0 radical (unpaired) electrons. The van der Waals surface area contributed by atoms with Gasteiger partial charge < -0.3 is 45.1 Å². The first-order valence-electron chi connectivity index (χ1n) is 21.1. The number of carbonyl (C=O) groups excluding carboxylic acids is 3. The van der Waals surface area contributed by atoms with Crippen LogP contribution in [-0.2, 0) is 28.6 Å². The SMILES string of the molecule is COC(=O)C(=Cc1ccccc1)NC(=O)CC(C)(O)CC(=O)OC1C(O)CC2(C)C3CC(O)C4(C)C(C5CCC(C(C)(C)O)OC5O)CCC4(C)C3=CCC2C1(C)C. The fourth-order valence-electron chi connectivity index (χ4n) is 12.6. The number of hydrogen-bond donors (Lipinski definition) is 6. The van der Waals surface area contributed by atoms with Crippen molar-refractivity contribution in [2.75, 3.05) is 7.11 Å². The van der Waals surface area contributed by atoms with E-state index in [9.17, 15) is 39.9 Å². The van der Waals surface area contributed by atoms with Crippen LogP contribution < -0.4 is 5.32 Å². The lowest BCUT2D eigenvalue weighted by Gasteiger charge is -2.66. The highest BCUT2D eigenvalue weighted by atomic mass is 16.6. The molecule has 6 N–H and O–H groups in total. The van der Waals surface area contributed by atoms with Crippen LogP contribution in [0.5, 0.6) is 0 Å². The number of carbonyl (C=O) groups is 3. The number of nitrogens with one attached hydrogen (secondary N) is 1. The van der Waals surface area contributed by atoms with E-state index in [1.54, 1.807) is 38.1 Å². The molecule has 13 atom stereocenters. The van der Waals surface area contributed by atoms with Crippen molar-refractivity contribution in [2.24, 2.45) is 45.3 Å². The third-order valence-corrected chi connectivity index (χ3v) is 15.7. The van der Waals surface area contributed by atoms with Gasteiger partial charge in [-0.15, -0.1) is 0 Å². The average molecular weight is 810 g/mol. The quantitative estimate of drug-likeness (QED) is 0.104. The van der Waals surface area contributed by atoms with E-state index in [2.05, 4.69) is 32.2 Å². The number of allylic oxidation sites excluding steroid dienone is 2. The van der Waals surface area contributed by atoms with Crippen molar-refractivity contribution in [1.29, 1.82) is 0 Å². The largest absolute Gasteiger partial charge is 0.464 e. The van der Waals surface area contributed by atoms with E-state index in [0.29, 0.717) is 37.7 Å². The molecular weight excluding hydrogens is 743 g/mol. The molecule has 5 aliphatic rings.